The molecule has 4 rings (SSSR count). The van der Waals surface area contributed by atoms with E-state index in [0.29, 0.717) is 24.3 Å². The number of ether oxygens (including phenoxy) is 2. The zero-order chi connectivity index (χ0) is 20.1. The smallest absolute Gasteiger partial charge is 0.274 e. The lowest BCUT2D eigenvalue weighted by Crippen LogP contribution is -2.49. The average Bonchev–Trinajstić information content (AvgIpc) is 3.27. The Balaban J connectivity index is 1.26. The molecule has 1 atom stereocenters. The van der Waals surface area contributed by atoms with E-state index in [-0.39, 0.29) is 5.91 Å². The number of nitrogens with one attached hydrogen (secondary N) is 1. The summed E-state index contributed by atoms with van der Waals surface area (Å²) in [5, 5.41) is 7.14. The number of likely N-dealkylation sites (tertiary alicyclic amines) is 1. The van der Waals surface area contributed by atoms with Gasteiger partial charge >= 0.3 is 0 Å². The fourth-order valence-corrected chi connectivity index (χ4v) is 4.25. The number of para-hydroxylation sites is 1. The molecule has 7 nitrogen and oxygen atoms in total. The number of carbonyl (C=O) groups is 1. The number of hydrogen-bond donors (Lipinski definition) is 1. The molecule has 29 heavy (non-hydrogen) atoms. The lowest BCUT2D eigenvalue weighted by atomic mass is 9.89. The molecule has 0 radical (unpaired) electrons. The Bertz CT molecular complexity index is 780. The summed E-state index contributed by atoms with van der Waals surface area (Å²) < 4.78 is 11.2. The number of morpholine rings is 1. The number of benzene rings is 1. The van der Waals surface area contributed by atoms with Crippen molar-refractivity contribution in [2.75, 3.05) is 39.4 Å². The van der Waals surface area contributed by atoms with Gasteiger partial charge in [0.15, 0.2) is 5.69 Å². The molecule has 1 amide bonds. The molecule has 0 aliphatic carbocycles. The van der Waals surface area contributed by atoms with Crippen LogP contribution in [0.5, 0.6) is 5.75 Å². The number of amides is 1. The zero-order valence-corrected chi connectivity index (χ0v) is 17.0. The molecule has 0 bridgehead atoms. The maximum Gasteiger partial charge on any atom is 0.274 e. The van der Waals surface area contributed by atoms with Crippen LogP contribution in [-0.2, 0) is 11.3 Å². The van der Waals surface area contributed by atoms with Crippen molar-refractivity contribution in [2.45, 2.75) is 32.4 Å². The highest BCUT2D eigenvalue weighted by molar-refractivity contribution is 5.92. The SMILES string of the molecule is C[C@@H](C1CCN(C(=O)c2cc(COc3ccccc3)[nH]n2)CC1)N1CCOCC1. The number of hydrogen-bond acceptors (Lipinski definition) is 5. The molecule has 7 heteroatoms. The minimum atomic E-state index is 0.00434. The standard InChI is InChI=1S/C22H30N4O3/c1-17(25-11-13-28-14-12-25)18-7-9-26(10-8-18)22(27)21-15-19(23-24-21)16-29-20-5-3-2-4-6-20/h2-6,15,17-18H,7-14,16H2,1H3,(H,23,24)/t17-/m0/s1. The van der Waals surface area contributed by atoms with Crippen LogP contribution in [0.15, 0.2) is 36.4 Å². The minimum Gasteiger partial charge on any atom is -0.487 e. The van der Waals surface area contributed by atoms with Crippen molar-refractivity contribution in [1.82, 2.24) is 20.0 Å². The van der Waals surface area contributed by atoms with Gasteiger partial charge in [-0.3, -0.25) is 14.8 Å². The monoisotopic (exact) mass is 398 g/mol. The molecule has 2 aromatic rings. The summed E-state index contributed by atoms with van der Waals surface area (Å²) in [5.41, 5.74) is 1.27. The van der Waals surface area contributed by atoms with Gasteiger partial charge in [0.1, 0.15) is 12.4 Å². The van der Waals surface area contributed by atoms with Crippen molar-refractivity contribution in [1.29, 1.82) is 0 Å². The number of aromatic nitrogens is 2. The highest BCUT2D eigenvalue weighted by Crippen LogP contribution is 2.25. The Morgan fingerprint density at radius 2 is 1.93 bits per heavy atom. The fraction of sp³-hybridized carbons (Fsp3) is 0.545. The molecule has 2 aliphatic heterocycles. The maximum absolute atomic E-state index is 12.8. The number of piperidine rings is 1. The van der Waals surface area contributed by atoms with Gasteiger partial charge in [0.05, 0.1) is 18.9 Å². The van der Waals surface area contributed by atoms with Crippen LogP contribution >= 0.6 is 0 Å². The summed E-state index contributed by atoms with van der Waals surface area (Å²) in [7, 11) is 0. The Hall–Kier alpha value is -2.38. The molecule has 0 spiro atoms. The molecule has 3 heterocycles. The van der Waals surface area contributed by atoms with Crippen molar-refractivity contribution in [3.8, 4) is 5.75 Å². The van der Waals surface area contributed by atoms with Crippen LogP contribution in [0.1, 0.15) is 35.9 Å². The molecule has 0 unspecified atom stereocenters. The van der Waals surface area contributed by atoms with Crippen LogP contribution in [0.3, 0.4) is 0 Å². The Kier molecular flexibility index (Phi) is 6.46. The molecule has 156 valence electrons. The molecular formula is C22H30N4O3. The van der Waals surface area contributed by atoms with Crippen molar-refractivity contribution in [2.24, 2.45) is 5.92 Å². The van der Waals surface area contributed by atoms with E-state index in [4.69, 9.17) is 9.47 Å². The molecule has 2 saturated heterocycles. The molecule has 2 aliphatic rings. The van der Waals surface area contributed by atoms with Crippen LogP contribution in [0.25, 0.3) is 0 Å². The Labute approximate surface area is 172 Å². The number of aromatic amines is 1. The van der Waals surface area contributed by atoms with Crippen LogP contribution in [-0.4, -0.2) is 71.3 Å². The van der Waals surface area contributed by atoms with E-state index in [1.807, 2.05) is 35.2 Å². The van der Waals surface area contributed by atoms with E-state index in [9.17, 15) is 4.79 Å². The van der Waals surface area contributed by atoms with Gasteiger partial charge in [0.25, 0.3) is 5.91 Å². The third kappa shape index (κ3) is 4.97. The maximum atomic E-state index is 12.8. The van der Waals surface area contributed by atoms with Gasteiger partial charge in [-0.2, -0.15) is 5.10 Å². The van der Waals surface area contributed by atoms with Gasteiger partial charge in [0.2, 0.25) is 0 Å². The van der Waals surface area contributed by atoms with E-state index in [2.05, 4.69) is 22.0 Å². The van der Waals surface area contributed by atoms with Crippen molar-refractivity contribution < 1.29 is 14.3 Å². The van der Waals surface area contributed by atoms with Crippen molar-refractivity contribution in [3.63, 3.8) is 0 Å². The third-order valence-corrected chi connectivity index (χ3v) is 6.12. The second kappa shape index (κ2) is 9.41. The van der Waals surface area contributed by atoms with Crippen LogP contribution < -0.4 is 4.74 Å². The summed E-state index contributed by atoms with van der Waals surface area (Å²) >= 11 is 0. The second-order valence-electron chi connectivity index (χ2n) is 7.90. The van der Waals surface area contributed by atoms with E-state index in [0.717, 1.165) is 63.7 Å². The second-order valence-corrected chi connectivity index (χ2v) is 7.90. The van der Waals surface area contributed by atoms with Gasteiger partial charge in [-0.15, -0.1) is 0 Å². The Morgan fingerprint density at radius 1 is 1.21 bits per heavy atom. The van der Waals surface area contributed by atoms with Crippen LogP contribution in [0.2, 0.25) is 0 Å². The molecular weight excluding hydrogens is 368 g/mol. The molecule has 0 saturated carbocycles. The molecule has 1 aromatic carbocycles. The number of rotatable bonds is 6. The molecule has 1 N–H and O–H groups in total. The first-order valence-electron chi connectivity index (χ1n) is 10.5. The number of carbonyl (C=O) groups excluding carboxylic acids is 1. The van der Waals surface area contributed by atoms with Crippen LogP contribution in [0, 0.1) is 5.92 Å². The van der Waals surface area contributed by atoms with Crippen LogP contribution in [0.4, 0.5) is 0 Å². The van der Waals surface area contributed by atoms with Gasteiger partial charge in [-0.25, -0.2) is 0 Å². The predicted octanol–water partition coefficient (Wildman–Crippen LogP) is 2.56. The summed E-state index contributed by atoms with van der Waals surface area (Å²) in [5.74, 6) is 1.43. The lowest BCUT2D eigenvalue weighted by Gasteiger charge is -2.40. The highest BCUT2D eigenvalue weighted by atomic mass is 16.5. The first kappa shape index (κ1) is 19.9. The fourth-order valence-electron chi connectivity index (χ4n) is 4.25. The van der Waals surface area contributed by atoms with Gasteiger partial charge < -0.3 is 14.4 Å². The number of H-pyrrole nitrogens is 1. The topological polar surface area (TPSA) is 70.7 Å². The summed E-state index contributed by atoms with van der Waals surface area (Å²) in [4.78, 5) is 17.3. The summed E-state index contributed by atoms with van der Waals surface area (Å²) in [6.07, 6.45) is 2.08. The third-order valence-electron chi connectivity index (χ3n) is 6.12. The first-order chi connectivity index (χ1) is 14.2. The van der Waals surface area contributed by atoms with Gasteiger partial charge in [-0.1, -0.05) is 18.2 Å². The Morgan fingerprint density at radius 3 is 2.66 bits per heavy atom. The van der Waals surface area contributed by atoms with E-state index in [1.165, 1.54) is 0 Å². The normalized spacial score (nSPS) is 19.8. The predicted molar refractivity (Wildman–Crippen MR) is 110 cm³/mol. The van der Waals surface area contributed by atoms with E-state index < -0.39 is 0 Å². The average molecular weight is 399 g/mol. The van der Waals surface area contributed by atoms with Crippen molar-refractivity contribution in [3.05, 3.63) is 47.8 Å². The summed E-state index contributed by atoms with van der Waals surface area (Å²) in [6.45, 7) is 7.96. The first-order valence-corrected chi connectivity index (χ1v) is 10.5. The largest absolute Gasteiger partial charge is 0.487 e. The number of nitrogens with zero attached hydrogens (tertiary/aromatic N) is 3. The lowest BCUT2D eigenvalue weighted by molar-refractivity contribution is -0.000986. The molecule has 2 fully saturated rings. The van der Waals surface area contributed by atoms with E-state index >= 15 is 0 Å². The minimum absolute atomic E-state index is 0.00434. The van der Waals surface area contributed by atoms with Gasteiger partial charge in [-0.05, 0) is 43.9 Å². The van der Waals surface area contributed by atoms with E-state index in [1.54, 1.807) is 6.07 Å². The van der Waals surface area contributed by atoms with Crippen molar-refractivity contribution >= 4 is 5.91 Å². The van der Waals surface area contributed by atoms with Gasteiger partial charge in [0, 0.05) is 32.2 Å². The quantitative estimate of drug-likeness (QED) is 0.810. The zero-order valence-electron chi connectivity index (χ0n) is 17.0. The highest BCUT2D eigenvalue weighted by Gasteiger charge is 2.30. The summed E-state index contributed by atoms with van der Waals surface area (Å²) in [6, 6.07) is 12.0. The molecule has 1 aromatic heterocycles.